The van der Waals surface area contributed by atoms with Gasteiger partial charge in [0.05, 0.1) is 0 Å². The third-order valence-corrected chi connectivity index (χ3v) is 2.46. The summed E-state index contributed by atoms with van der Waals surface area (Å²) in [5.41, 5.74) is 5.90. The highest BCUT2D eigenvalue weighted by atomic mass is 16.1. The number of carbonyl (C=O) groups is 1. The van der Waals surface area contributed by atoms with Crippen LogP contribution in [0.2, 0.25) is 0 Å². The molecule has 1 aliphatic carbocycles. The van der Waals surface area contributed by atoms with E-state index in [-0.39, 0.29) is 17.4 Å². The molecule has 1 rings (SSSR count). The minimum absolute atomic E-state index is 0.0148. The Morgan fingerprint density at radius 2 is 2.08 bits per heavy atom. The van der Waals surface area contributed by atoms with Gasteiger partial charge < -0.3 is 11.1 Å². The molecular formula is C10H20N2O. The molecule has 13 heavy (non-hydrogen) atoms. The number of nitrogens with one attached hydrogen (secondary N) is 1. The maximum Gasteiger partial charge on any atom is 0.221 e. The van der Waals surface area contributed by atoms with E-state index in [2.05, 4.69) is 26.1 Å². The predicted molar refractivity (Wildman–Crippen MR) is 53.2 cm³/mol. The van der Waals surface area contributed by atoms with Gasteiger partial charge in [-0.3, -0.25) is 4.79 Å². The van der Waals surface area contributed by atoms with Crippen molar-refractivity contribution in [1.29, 1.82) is 0 Å². The molecule has 1 fully saturated rings. The third kappa shape index (κ3) is 3.77. The first-order chi connectivity index (χ1) is 5.89. The summed E-state index contributed by atoms with van der Waals surface area (Å²) in [6.45, 7) is 6.17. The van der Waals surface area contributed by atoms with E-state index in [1.807, 2.05) is 0 Å². The topological polar surface area (TPSA) is 55.1 Å². The van der Waals surface area contributed by atoms with Gasteiger partial charge in [-0.25, -0.2) is 0 Å². The van der Waals surface area contributed by atoms with Gasteiger partial charge in [-0.15, -0.1) is 0 Å². The molecule has 1 saturated carbocycles. The quantitative estimate of drug-likeness (QED) is 0.688. The predicted octanol–water partition coefficient (Wildman–Crippen LogP) is 1.03. The molecule has 0 saturated heterocycles. The van der Waals surface area contributed by atoms with Gasteiger partial charge in [0.25, 0.3) is 0 Å². The van der Waals surface area contributed by atoms with Crippen LogP contribution in [-0.2, 0) is 4.79 Å². The van der Waals surface area contributed by atoms with E-state index in [1.165, 1.54) is 0 Å². The molecule has 0 bridgehead atoms. The van der Waals surface area contributed by atoms with Crippen LogP contribution in [0.25, 0.3) is 0 Å². The molecule has 1 amide bonds. The highest BCUT2D eigenvalue weighted by molar-refractivity contribution is 5.77. The minimum Gasteiger partial charge on any atom is -0.353 e. The summed E-state index contributed by atoms with van der Waals surface area (Å²) in [6, 6.07) is 0.394. The van der Waals surface area contributed by atoms with Crippen molar-refractivity contribution >= 4 is 5.91 Å². The molecule has 0 aromatic rings. The van der Waals surface area contributed by atoms with Crippen molar-refractivity contribution in [3.05, 3.63) is 0 Å². The molecule has 76 valence electrons. The minimum atomic E-state index is -0.0498. The molecular weight excluding hydrogens is 164 g/mol. The van der Waals surface area contributed by atoms with E-state index < -0.39 is 0 Å². The molecule has 0 aromatic carbocycles. The monoisotopic (exact) mass is 184 g/mol. The molecule has 3 N–H and O–H groups in total. The number of nitrogens with two attached hydrogens (primary N) is 1. The molecule has 1 atom stereocenters. The number of hydrogen-bond donors (Lipinski definition) is 2. The fourth-order valence-electron chi connectivity index (χ4n) is 1.02. The zero-order valence-electron chi connectivity index (χ0n) is 8.76. The van der Waals surface area contributed by atoms with E-state index in [0.717, 1.165) is 12.8 Å². The summed E-state index contributed by atoms with van der Waals surface area (Å²) in [6.07, 6.45) is 2.72. The largest absolute Gasteiger partial charge is 0.353 e. The van der Waals surface area contributed by atoms with Gasteiger partial charge in [0, 0.05) is 18.5 Å². The zero-order chi connectivity index (χ0) is 10.1. The maximum absolute atomic E-state index is 11.4. The van der Waals surface area contributed by atoms with Crippen LogP contribution in [0.3, 0.4) is 0 Å². The van der Waals surface area contributed by atoms with Crippen molar-refractivity contribution < 1.29 is 4.79 Å². The van der Waals surface area contributed by atoms with Crippen molar-refractivity contribution in [3.63, 3.8) is 0 Å². The molecule has 0 radical (unpaired) electrons. The van der Waals surface area contributed by atoms with E-state index in [0.29, 0.717) is 12.5 Å². The van der Waals surface area contributed by atoms with Gasteiger partial charge in [-0.05, 0) is 18.3 Å². The Morgan fingerprint density at radius 3 is 2.46 bits per heavy atom. The molecule has 0 aromatic heterocycles. The van der Waals surface area contributed by atoms with Crippen molar-refractivity contribution in [2.45, 2.75) is 52.1 Å². The Hall–Kier alpha value is -0.570. The normalized spacial score (nSPS) is 19.7. The Morgan fingerprint density at radius 1 is 1.54 bits per heavy atom. The first-order valence-electron chi connectivity index (χ1n) is 4.94. The van der Waals surface area contributed by atoms with Gasteiger partial charge in [0.15, 0.2) is 0 Å². The van der Waals surface area contributed by atoms with Gasteiger partial charge in [-0.2, -0.15) is 0 Å². The van der Waals surface area contributed by atoms with Crippen molar-refractivity contribution in [3.8, 4) is 0 Å². The highest BCUT2D eigenvalue weighted by Gasteiger charge is 2.27. The summed E-state index contributed by atoms with van der Waals surface area (Å²) < 4.78 is 0. The van der Waals surface area contributed by atoms with Crippen LogP contribution < -0.4 is 11.1 Å². The molecule has 1 unspecified atom stereocenters. The van der Waals surface area contributed by atoms with E-state index in [1.54, 1.807) is 0 Å². The fraction of sp³-hybridized carbons (Fsp3) is 0.900. The summed E-state index contributed by atoms with van der Waals surface area (Å²) >= 11 is 0. The SMILES string of the molecule is CC(C)(C)C(N)CC(=O)NC1CC1. The third-order valence-electron chi connectivity index (χ3n) is 2.46. The van der Waals surface area contributed by atoms with Crippen molar-refractivity contribution in [2.75, 3.05) is 0 Å². The van der Waals surface area contributed by atoms with Crippen LogP contribution in [0.1, 0.15) is 40.0 Å². The summed E-state index contributed by atoms with van der Waals surface area (Å²) in [5.74, 6) is 0.102. The van der Waals surface area contributed by atoms with Gasteiger partial charge in [0.2, 0.25) is 5.91 Å². The molecule has 1 aliphatic rings. The van der Waals surface area contributed by atoms with Crippen LogP contribution in [0, 0.1) is 5.41 Å². The number of rotatable bonds is 3. The average molecular weight is 184 g/mol. The highest BCUT2D eigenvalue weighted by Crippen LogP contribution is 2.21. The van der Waals surface area contributed by atoms with Crippen LogP contribution in [0.5, 0.6) is 0 Å². The van der Waals surface area contributed by atoms with Crippen LogP contribution >= 0.6 is 0 Å². The molecule has 3 heteroatoms. The van der Waals surface area contributed by atoms with Crippen LogP contribution in [0.15, 0.2) is 0 Å². The Bertz CT molecular complexity index is 192. The lowest BCUT2D eigenvalue weighted by molar-refractivity contribution is -0.122. The van der Waals surface area contributed by atoms with E-state index in [4.69, 9.17) is 5.73 Å². The summed E-state index contributed by atoms with van der Waals surface area (Å²) in [7, 11) is 0. The molecule has 3 nitrogen and oxygen atoms in total. The lowest BCUT2D eigenvalue weighted by atomic mass is 9.85. The summed E-state index contributed by atoms with van der Waals surface area (Å²) in [5, 5.41) is 2.94. The Kier molecular flexibility index (Phi) is 2.96. The number of amides is 1. The average Bonchev–Trinajstić information content (AvgIpc) is 2.68. The Labute approximate surface area is 80.1 Å². The number of hydrogen-bond acceptors (Lipinski definition) is 2. The zero-order valence-corrected chi connectivity index (χ0v) is 8.76. The number of carbonyl (C=O) groups excluding carboxylic acids is 1. The summed E-state index contributed by atoms with van der Waals surface area (Å²) in [4.78, 5) is 11.4. The van der Waals surface area contributed by atoms with E-state index >= 15 is 0 Å². The first kappa shape index (κ1) is 10.5. The van der Waals surface area contributed by atoms with Gasteiger partial charge in [0.1, 0.15) is 0 Å². The van der Waals surface area contributed by atoms with Crippen molar-refractivity contribution in [2.24, 2.45) is 11.1 Å². The first-order valence-corrected chi connectivity index (χ1v) is 4.94. The lowest BCUT2D eigenvalue weighted by Gasteiger charge is -2.26. The Balaban J connectivity index is 2.25. The van der Waals surface area contributed by atoms with Crippen molar-refractivity contribution in [1.82, 2.24) is 5.32 Å². The second kappa shape index (κ2) is 3.66. The van der Waals surface area contributed by atoms with Crippen LogP contribution in [0.4, 0.5) is 0 Å². The van der Waals surface area contributed by atoms with E-state index in [9.17, 15) is 4.79 Å². The fourth-order valence-corrected chi connectivity index (χ4v) is 1.02. The second-order valence-electron chi connectivity index (χ2n) is 5.02. The smallest absolute Gasteiger partial charge is 0.221 e. The standard InChI is InChI=1S/C10H20N2O/c1-10(2,3)8(11)6-9(13)12-7-4-5-7/h7-8H,4-6,11H2,1-3H3,(H,12,13). The van der Waals surface area contributed by atoms with Gasteiger partial charge in [-0.1, -0.05) is 20.8 Å². The molecule has 0 aliphatic heterocycles. The lowest BCUT2D eigenvalue weighted by Crippen LogP contribution is -2.40. The molecule has 0 spiro atoms. The second-order valence-corrected chi connectivity index (χ2v) is 5.02. The van der Waals surface area contributed by atoms with Crippen LogP contribution in [-0.4, -0.2) is 18.0 Å². The maximum atomic E-state index is 11.4. The molecule has 0 heterocycles. The van der Waals surface area contributed by atoms with Gasteiger partial charge >= 0.3 is 0 Å².